The van der Waals surface area contributed by atoms with E-state index < -0.39 is 6.04 Å². The molecule has 0 radical (unpaired) electrons. The third kappa shape index (κ3) is 4.86. The molecule has 5 aromatic rings. The number of nitrogens with zero attached hydrogens (tertiary/aromatic N) is 3. The Kier molecular flexibility index (Phi) is 7.56. The lowest BCUT2D eigenvalue weighted by molar-refractivity contribution is -0.124. The van der Waals surface area contributed by atoms with Gasteiger partial charge in [-0.3, -0.25) is 18.7 Å². The Morgan fingerprint density at radius 2 is 1.55 bits per heavy atom. The lowest BCUT2D eigenvalue weighted by Crippen LogP contribution is -2.37. The number of aryl methyl sites for hydroxylation is 1. The molecule has 42 heavy (non-hydrogen) atoms. The van der Waals surface area contributed by atoms with Gasteiger partial charge in [-0.2, -0.15) is 0 Å². The zero-order valence-corrected chi connectivity index (χ0v) is 24.0. The van der Waals surface area contributed by atoms with Gasteiger partial charge in [-0.1, -0.05) is 85.6 Å². The van der Waals surface area contributed by atoms with Crippen molar-refractivity contribution in [2.24, 2.45) is 20.0 Å². The zero-order chi connectivity index (χ0) is 29.4. The first-order chi connectivity index (χ1) is 20.4. The molecule has 3 aromatic carbocycles. The molecule has 1 saturated carbocycles. The van der Waals surface area contributed by atoms with Gasteiger partial charge < -0.3 is 15.0 Å². The van der Waals surface area contributed by atoms with Gasteiger partial charge in [0.05, 0.1) is 29.5 Å². The number of rotatable bonds is 8. The Bertz CT molecular complexity index is 1860. The summed E-state index contributed by atoms with van der Waals surface area (Å²) in [7, 11) is 3.21. The van der Waals surface area contributed by atoms with Crippen molar-refractivity contribution < 1.29 is 9.90 Å². The van der Waals surface area contributed by atoms with Crippen molar-refractivity contribution in [2.45, 2.75) is 44.2 Å². The predicted octanol–water partition coefficient (Wildman–Crippen LogP) is 4.36. The van der Waals surface area contributed by atoms with Crippen molar-refractivity contribution in [3.63, 3.8) is 0 Å². The highest BCUT2D eigenvalue weighted by atomic mass is 16.3. The van der Waals surface area contributed by atoms with Gasteiger partial charge in [0.1, 0.15) is 5.65 Å². The SMILES string of the molecule is Cn1c(=O)c2c3ccccc3n(Cc3ccc(C(C(=O)NC(CO)c4ccccc4)C4CCCC4)cc3)c2n(C)c1=O. The van der Waals surface area contributed by atoms with Crippen LogP contribution in [0.2, 0.25) is 0 Å². The van der Waals surface area contributed by atoms with E-state index in [4.69, 9.17) is 0 Å². The molecule has 2 heterocycles. The minimum Gasteiger partial charge on any atom is -0.394 e. The monoisotopic (exact) mass is 564 g/mol. The molecule has 0 bridgehead atoms. The molecule has 0 spiro atoms. The maximum Gasteiger partial charge on any atom is 0.332 e. The number of carbonyl (C=O) groups is 1. The summed E-state index contributed by atoms with van der Waals surface area (Å²) in [6.45, 7) is 0.294. The molecule has 2 aromatic heterocycles. The first-order valence-corrected chi connectivity index (χ1v) is 14.6. The molecule has 1 aliphatic carbocycles. The van der Waals surface area contributed by atoms with Crippen LogP contribution in [0.25, 0.3) is 21.9 Å². The fourth-order valence-electron chi connectivity index (χ4n) is 6.70. The first kappa shape index (κ1) is 27.7. The van der Waals surface area contributed by atoms with Gasteiger partial charge >= 0.3 is 5.69 Å². The summed E-state index contributed by atoms with van der Waals surface area (Å²) in [6, 6.07) is 25.0. The molecule has 0 aliphatic heterocycles. The van der Waals surface area contributed by atoms with Crippen LogP contribution in [0.5, 0.6) is 0 Å². The van der Waals surface area contributed by atoms with Crippen LogP contribution in [-0.4, -0.2) is 31.3 Å². The van der Waals surface area contributed by atoms with Gasteiger partial charge in [-0.15, -0.1) is 0 Å². The van der Waals surface area contributed by atoms with Crippen LogP contribution in [0.3, 0.4) is 0 Å². The Labute approximate surface area is 243 Å². The number of carbonyl (C=O) groups excluding carboxylic acids is 1. The number of hydrogen-bond acceptors (Lipinski definition) is 4. The van der Waals surface area contributed by atoms with Crippen LogP contribution in [0.4, 0.5) is 0 Å². The van der Waals surface area contributed by atoms with E-state index >= 15 is 0 Å². The summed E-state index contributed by atoms with van der Waals surface area (Å²) in [4.78, 5) is 39.7. The summed E-state index contributed by atoms with van der Waals surface area (Å²) in [5.41, 5.74) is 3.63. The Hall–Kier alpha value is -4.43. The van der Waals surface area contributed by atoms with Gasteiger partial charge in [-0.25, -0.2) is 4.79 Å². The average molecular weight is 565 g/mol. The summed E-state index contributed by atoms with van der Waals surface area (Å²) >= 11 is 0. The molecule has 0 saturated heterocycles. The Balaban J connectivity index is 1.34. The highest BCUT2D eigenvalue weighted by molar-refractivity contribution is 6.06. The van der Waals surface area contributed by atoms with Gasteiger partial charge in [-0.05, 0) is 41.5 Å². The zero-order valence-electron chi connectivity index (χ0n) is 24.0. The van der Waals surface area contributed by atoms with E-state index in [0.29, 0.717) is 17.6 Å². The third-order valence-electron chi connectivity index (χ3n) is 8.89. The molecule has 2 N–H and O–H groups in total. The Morgan fingerprint density at radius 3 is 2.24 bits per heavy atom. The van der Waals surface area contributed by atoms with Gasteiger partial charge in [0.15, 0.2) is 0 Å². The number of aromatic nitrogens is 3. The standard InChI is InChI=1S/C34H36N4O4/c1-36-32-30(33(41)37(2)34(36)42)26-14-8-9-15-28(26)38(32)20-22-16-18-25(19-17-22)29(24-12-6-7-13-24)31(40)35-27(21-39)23-10-4-3-5-11-23/h3-5,8-11,14-19,24,27,29,39H,6-7,12-13,20-21H2,1-2H3,(H,35,40). The normalized spacial score (nSPS) is 15.3. The van der Waals surface area contributed by atoms with E-state index in [0.717, 1.165) is 57.8 Å². The summed E-state index contributed by atoms with van der Waals surface area (Å²) < 4.78 is 4.71. The molecule has 1 fully saturated rings. The second-order valence-corrected chi connectivity index (χ2v) is 11.4. The van der Waals surface area contributed by atoms with E-state index in [9.17, 15) is 19.5 Å². The molecule has 6 rings (SSSR count). The minimum atomic E-state index is -0.462. The highest BCUT2D eigenvalue weighted by Gasteiger charge is 2.33. The third-order valence-corrected chi connectivity index (χ3v) is 8.89. The number of aliphatic hydroxyl groups is 1. The average Bonchev–Trinajstić information content (AvgIpc) is 3.66. The number of aliphatic hydroxyl groups excluding tert-OH is 1. The van der Waals surface area contributed by atoms with Crippen molar-refractivity contribution in [3.8, 4) is 0 Å². The van der Waals surface area contributed by atoms with Crippen LogP contribution in [-0.2, 0) is 25.4 Å². The van der Waals surface area contributed by atoms with Crippen molar-refractivity contribution in [2.75, 3.05) is 6.61 Å². The molecule has 8 nitrogen and oxygen atoms in total. The second-order valence-electron chi connectivity index (χ2n) is 11.4. The van der Waals surface area contributed by atoms with E-state index in [1.807, 2.05) is 83.4 Å². The number of amides is 1. The lowest BCUT2D eigenvalue weighted by atomic mass is 9.83. The fraction of sp³-hybridized carbons (Fsp3) is 0.324. The van der Waals surface area contributed by atoms with Crippen LogP contribution < -0.4 is 16.6 Å². The number of hydrogen-bond donors (Lipinski definition) is 2. The van der Waals surface area contributed by atoms with Crippen molar-refractivity contribution in [1.82, 2.24) is 19.0 Å². The van der Waals surface area contributed by atoms with Crippen molar-refractivity contribution >= 4 is 27.8 Å². The van der Waals surface area contributed by atoms with Gasteiger partial charge in [0, 0.05) is 26.0 Å². The lowest BCUT2D eigenvalue weighted by Gasteiger charge is -2.26. The van der Waals surface area contributed by atoms with Crippen molar-refractivity contribution in [1.29, 1.82) is 0 Å². The molecular formula is C34H36N4O4. The van der Waals surface area contributed by atoms with E-state index in [2.05, 4.69) is 5.32 Å². The van der Waals surface area contributed by atoms with E-state index in [1.54, 1.807) is 7.05 Å². The largest absolute Gasteiger partial charge is 0.394 e. The van der Waals surface area contributed by atoms with Crippen LogP contribution >= 0.6 is 0 Å². The molecular weight excluding hydrogens is 528 g/mol. The first-order valence-electron chi connectivity index (χ1n) is 14.6. The number of nitrogens with one attached hydrogen (secondary N) is 1. The maximum absolute atomic E-state index is 13.7. The predicted molar refractivity (Wildman–Crippen MR) is 165 cm³/mol. The van der Waals surface area contributed by atoms with E-state index in [1.165, 1.54) is 11.6 Å². The highest BCUT2D eigenvalue weighted by Crippen LogP contribution is 2.38. The molecule has 1 amide bonds. The van der Waals surface area contributed by atoms with E-state index in [-0.39, 0.29) is 35.6 Å². The molecule has 2 unspecified atom stereocenters. The molecule has 8 heteroatoms. The van der Waals surface area contributed by atoms with Crippen LogP contribution in [0.15, 0.2) is 88.5 Å². The van der Waals surface area contributed by atoms with Gasteiger partial charge in [0.25, 0.3) is 5.56 Å². The smallest absolute Gasteiger partial charge is 0.332 e. The Morgan fingerprint density at radius 1 is 0.881 bits per heavy atom. The van der Waals surface area contributed by atoms with Crippen LogP contribution in [0, 0.1) is 5.92 Å². The molecule has 2 atom stereocenters. The minimum absolute atomic E-state index is 0.0641. The molecule has 216 valence electrons. The quantitative estimate of drug-likeness (QED) is 0.293. The second kappa shape index (κ2) is 11.4. The number of benzene rings is 3. The maximum atomic E-state index is 13.7. The summed E-state index contributed by atoms with van der Waals surface area (Å²) in [5.74, 6) is -0.128. The topological polar surface area (TPSA) is 98.3 Å². The summed E-state index contributed by atoms with van der Waals surface area (Å²) in [5, 5.41) is 14.5. The number of para-hydroxylation sites is 1. The fourth-order valence-corrected chi connectivity index (χ4v) is 6.70. The van der Waals surface area contributed by atoms with Crippen LogP contribution in [0.1, 0.15) is 54.3 Å². The van der Waals surface area contributed by atoms with Gasteiger partial charge in [0.2, 0.25) is 5.91 Å². The number of fused-ring (bicyclic) bond motifs is 3. The molecule has 1 aliphatic rings. The summed E-state index contributed by atoms with van der Waals surface area (Å²) in [6.07, 6.45) is 4.22. The van der Waals surface area contributed by atoms with Crippen molar-refractivity contribution in [3.05, 3.63) is 116 Å².